The zero-order chi connectivity index (χ0) is 12.0. The Morgan fingerprint density at radius 2 is 1.94 bits per heavy atom. The Kier molecular flexibility index (Phi) is 2.67. The van der Waals surface area contributed by atoms with Crippen LogP contribution in [0.2, 0.25) is 0 Å². The molecule has 0 spiro atoms. The summed E-state index contributed by atoms with van der Waals surface area (Å²) < 4.78 is 5.34. The Balaban J connectivity index is 1.65. The molecule has 1 saturated heterocycles. The molecular weight excluding hydrogens is 216 g/mol. The van der Waals surface area contributed by atoms with Crippen molar-refractivity contribution in [2.45, 2.75) is 44.7 Å². The van der Waals surface area contributed by atoms with Crippen molar-refractivity contribution < 1.29 is 9.53 Å². The molecule has 17 heavy (non-hydrogen) atoms. The maximum absolute atomic E-state index is 12.4. The van der Waals surface area contributed by atoms with Crippen LogP contribution in [0, 0.1) is 17.3 Å². The fourth-order valence-electron chi connectivity index (χ4n) is 2.77. The first kappa shape index (κ1) is 11.5. The van der Waals surface area contributed by atoms with E-state index in [-0.39, 0.29) is 11.9 Å². The standard InChI is InChI=1S/C13H22N2O2/c1-13(7-17-6-10(13)14)12(16)15-11(8-2-3-8)9-4-5-9/h8-11H,2-7,14H2,1H3,(H,15,16). The van der Waals surface area contributed by atoms with Crippen molar-refractivity contribution in [1.29, 1.82) is 0 Å². The molecule has 0 radical (unpaired) electrons. The number of nitrogens with two attached hydrogens (primary N) is 1. The summed E-state index contributed by atoms with van der Waals surface area (Å²) in [6.07, 6.45) is 5.11. The lowest BCUT2D eigenvalue weighted by Crippen LogP contribution is -2.53. The topological polar surface area (TPSA) is 64.3 Å². The quantitative estimate of drug-likeness (QED) is 0.756. The summed E-state index contributed by atoms with van der Waals surface area (Å²) >= 11 is 0. The van der Waals surface area contributed by atoms with Crippen molar-refractivity contribution in [2.75, 3.05) is 13.2 Å². The van der Waals surface area contributed by atoms with Gasteiger partial charge in [-0.1, -0.05) is 0 Å². The fraction of sp³-hybridized carbons (Fsp3) is 0.923. The number of hydrogen-bond acceptors (Lipinski definition) is 3. The third kappa shape index (κ3) is 2.08. The van der Waals surface area contributed by atoms with Gasteiger partial charge in [-0.3, -0.25) is 4.79 Å². The van der Waals surface area contributed by atoms with E-state index < -0.39 is 5.41 Å². The summed E-state index contributed by atoms with van der Waals surface area (Å²) in [6.45, 7) is 2.89. The van der Waals surface area contributed by atoms with Crippen LogP contribution in [0.5, 0.6) is 0 Å². The molecule has 4 heteroatoms. The minimum atomic E-state index is -0.526. The Morgan fingerprint density at radius 3 is 2.35 bits per heavy atom. The zero-order valence-corrected chi connectivity index (χ0v) is 10.4. The average molecular weight is 238 g/mol. The predicted octanol–water partition coefficient (Wildman–Crippen LogP) is 0.655. The van der Waals surface area contributed by atoms with E-state index in [2.05, 4.69) is 5.32 Å². The van der Waals surface area contributed by atoms with Crippen molar-refractivity contribution in [3.8, 4) is 0 Å². The molecule has 3 rings (SSSR count). The summed E-state index contributed by atoms with van der Waals surface area (Å²) in [6, 6.07) is 0.244. The van der Waals surface area contributed by atoms with Gasteiger partial charge in [0.15, 0.2) is 0 Å². The Morgan fingerprint density at radius 1 is 1.35 bits per heavy atom. The summed E-state index contributed by atoms with van der Waals surface area (Å²) in [5, 5.41) is 3.25. The van der Waals surface area contributed by atoms with Crippen molar-refractivity contribution in [3.63, 3.8) is 0 Å². The number of amides is 1. The van der Waals surface area contributed by atoms with Crippen LogP contribution in [-0.2, 0) is 9.53 Å². The van der Waals surface area contributed by atoms with Crippen LogP contribution in [0.25, 0.3) is 0 Å². The SMILES string of the molecule is CC1(C(=O)NC(C2CC2)C2CC2)COCC1N. The highest BCUT2D eigenvalue weighted by Gasteiger charge is 2.48. The molecule has 3 aliphatic rings. The van der Waals surface area contributed by atoms with Gasteiger partial charge in [-0.05, 0) is 44.4 Å². The number of rotatable bonds is 4. The molecule has 1 amide bonds. The number of nitrogens with one attached hydrogen (secondary N) is 1. The lowest BCUT2D eigenvalue weighted by Gasteiger charge is -2.29. The van der Waals surface area contributed by atoms with Gasteiger partial charge >= 0.3 is 0 Å². The molecule has 0 aromatic heterocycles. The van der Waals surface area contributed by atoms with E-state index in [9.17, 15) is 4.79 Å². The van der Waals surface area contributed by atoms with Crippen LogP contribution in [0.3, 0.4) is 0 Å². The van der Waals surface area contributed by atoms with E-state index in [0.29, 0.717) is 19.3 Å². The fourth-order valence-corrected chi connectivity index (χ4v) is 2.77. The molecule has 2 aliphatic carbocycles. The Hall–Kier alpha value is -0.610. The Bertz CT molecular complexity index is 313. The minimum absolute atomic E-state index is 0.103. The van der Waals surface area contributed by atoms with Crippen LogP contribution in [-0.4, -0.2) is 31.2 Å². The number of carbonyl (C=O) groups excluding carboxylic acids is 1. The largest absolute Gasteiger partial charge is 0.379 e. The molecule has 2 atom stereocenters. The molecular formula is C13H22N2O2. The number of ether oxygens (including phenoxy) is 1. The molecule has 96 valence electrons. The van der Waals surface area contributed by atoms with Gasteiger partial charge in [-0.25, -0.2) is 0 Å². The lowest BCUT2D eigenvalue weighted by molar-refractivity contribution is -0.131. The molecule has 0 aromatic rings. The highest BCUT2D eigenvalue weighted by atomic mass is 16.5. The molecule has 1 heterocycles. The molecule has 0 bridgehead atoms. The second-order valence-electron chi connectivity index (χ2n) is 6.21. The van der Waals surface area contributed by atoms with E-state index in [1.165, 1.54) is 25.7 Å². The normalized spacial score (nSPS) is 37.5. The van der Waals surface area contributed by atoms with Gasteiger partial charge in [0.25, 0.3) is 0 Å². The van der Waals surface area contributed by atoms with Crippen molar-refractivity contribution in [3.05, 3.63) is 0 Å². The van der Waals surface area contributed by atoms with Crippen molar-refractivity contribution in [1.82, 2.24) is 5.32 Å². The van der Waals surface area contributed by atoms with E-state index in [1.807, 2.05) is 6.92 Å². The van der Waals surface area contributed by atoms with Crippen molar-refractivity contribution in [2.24, 2.45) is 23.0 Å². The first-order chi connectivity index (χ1) is 8.11. The van der Waals surface area contributed by atoms with E-state index >= 15 is 0 Å². The van der Waals surface area contributed by atoms with Gasteiger partial charge in [0.05, 0.1) is 18.6 Å². The average Bonchev–Trinajstić information content (AvgIpc) is 3.17. The van der Waals surface area contributed by atoms with Crippen LogP contribution in [0.1, 0.15) is 32.6 Å². The third-order valence-corrected chi connectivity index (χ3v) is 4.59. The van der Waals surface area contributed by atoms with Gasteiger partial charge < -0.3 is 15.8 Å². The third-order valence-electron chi connectivity index (χ3n) is 4.59. The van der Waals surface area contributed by atoms with Crippen LogP contribution >= 0.6 is 0 Å². The summed E-state index contributed by atoms with van der Waals surface area (Å²) in [5.74, 6) is 1.56. The van der Waals surface area contributed by atoms with Crippen LogP contribution < -0.4 is 11.1 Å². The molecule has 3 fully saturated rings. The number of carbonyl (C=O) groups is 1. The van der Waals surface area contributed by atoms with E-state index in [0.717, 1.165) is 11.8 Å². The van der Waals surface area contributed by atoms with Gasteiger partial charge in [-0.2, -0.15) is 0 Å². The van der Waals surface area contributed by atoms with E-state index in [4.69, 9.17) is 10.5 Å². The second-order valence-corrected chi connectivity index (χ2v) is 6.21. The first-order valence-electron chi connectivity index (χ1n) is 6.75. The molecule has 4 nitrogen and oxygen atoms in total. The highest BCUT2D eigenvalue weighted by molar-refractivity contribution is 5.84. The minimum Gasteiger partial charge on any atom is -0.379 e. The zero-order valence-electron chi connectivity index (χ0n) is 10.4. The van der Waals surface area contributed by atoms with Gasteiger partial charge in [0.1, 0.15) is 0 Å². The predicted molar refractivity (Wildman–Crippen MR) is 64.3 cm³/mol. The van der Waals surface area contributed by atoms with Gasteiger partial charge in [0.2, 0.25) is 5.91 Å². The van der Waals surface area contributed by atoms with Crippen LogP contribution in [0.15, 0.2) is 0 Å². The molecule has 2 unspecified atom stereocenters. The first-order valence-corrected chi connectivity index (χ1v) is 6.75. The Labute approximate surface area is 102 Å². The van der Waals surface area contributed by atoms with Gasteiger partial charge in [0, 0.05) is 12.1 Å². The summed E-state index contributed by atoms with van der Waals surface area (Å²) in [5.41, 5.74) is 5.46. The van der Waals surface area contributed by atoms with Crippen LogP contribution in [0.4, 0.5) is 0 Å². The highest BCUT2D eigenvalue weighted by Crippen LogP contribution is 2.45. The molecule has 1 aliphatic heterocycles. The van der Waals surface area contributed by atoms with E-state index in [1.54, 1.807) is 0 Å². The maximum atomic E-state index is 12.4. The smallest absolute Gasteiger partial charge is 0.230 e. The maximum Gasteiger partial charge on any atom is 0.230 e. The van der Waals surface area contributed by atoms with Gasteiger partial charge in [-0.15, -0.1) is 0 Å². The summed E-state index contributed by atoms with van der Waals surface area (Å²) in [7, 11) is 0. The number of hydrogen-bond donors (Lipinski definition) is 2. The molecule has 3 N–H and O–H groups in total. The van der Waals surface area contributed by atoms with Crippen molar-refractivity contribution >= 4 is 5.91 Å². The molecule has 2 saturated carbocycles. The molecule has 0 aromatic carbocycles. The lowest BCUT2D eigenvalue weighted by atomic mass is 9.84. The second kappa shape index (κ2) is 3.95. The monoisotopic (exact) mass is 238 g/mol. The summed E-state index contributed by atoms with van der Waals surface area (Å²) in [4.78, 5) is 12.4.